The van der Waals surface area contributed by atoms with Gasteiger partial charge in [-0.2, -0.15) is 5.10 Å². The normalized spacial score (nSPS) is 10.7. The summed E-state index contributed by atoms with van der Waals surface area (Å²) in [6, 6.07) is 1.50. The van der Waals surface area contributed by atoms with Gasteiger partial charge in [0.1, 0.15) is 11.4 Å². The summed E-state index contributed by atoms with van der Waals surface area (Å²) < 4.78 is 6.93. The van der Waals surface area contributed by atoms with E-state index in [1.165, 1.54) is 6.07 Å². The summed E-state index contributed by atoms with van der Waals surface area (Å²) in [5.41, 5.74) is 2.08. The zero-order valence-electron chi connectivity index (χ0n) is 10.9. The molecule has 0 saturated heterocycles. The van der Waals surface area contributed by atoms with Gasteiger partial charge < -0.3 is 9.72 Å². The Morgan fingerprint density at radius 1 is 1.50 bits per heavy atom. The molecule has 18 heavy (non-hydrogen) atoms. The van der Waals surface area contributed by atoms with Crippen LogP contribution in [0.2, 0.25) is 0 Å². The molecule has 0 aliphatic rings. The zero-order valence-corrected chi connectivity index (χ0v) is 10.9. The molecule has 96 valence electrons. The molecule has 1 N–H and O–H groups in total. The third kappa shape index (κ3) is 2.01. The summed E-state index contributed by atoms with van der Waals surface area (Å²) >= 11 is 0. The van der Waals surface area contributed by atoms with Gasteiger partial charge in [-0.15, -0.1) is 0 Å². The lowest BCUT2D eigenvalue weighted by atomic mass is 10.2. The molecule has 2 rings (SSSR count). The van der Waals surface area contributed by atoms with Crippen LogP contribution in [0.15, 0.2) is 10.9 Å². The van der Waals surface area contributed by atoms with Gasteiger partial charge in [0, 0.05) is 18.8 Å². The van der Waals surface area contributed by atoms with Crippen molar-refractivity contribution in [2.45, 2.75) is 20.3 Å². The Morgan fingerprint density at radius 2 is 2.22 bits per heavy atom. The van der Waals surface area contributed by atoms with Crippen molar-refractivity contribution in [3.8, 4) is 17.3 Å². The van der Waals surface area contributed by atoms with Crippen LogP contribution in [0.4, 0.5) is 0 Å². The average Bonchev–Trinajstić information content (AvgIpc) is 2.62. The first-order valence-electron chi connectivity index (χ1n) is 5.75. The van der Waals surface area contributed by atoms with Gasteiger partial charge in [-0.1, -0.05) is 6.92 Å². The number of nitrogens with zero attached hydrogens (tertiary/aromatic N) is 3. The number of H-pyrrole nitrogens is 1. The molecular weight excluding hydrogens is 232 g/mol. The number of rotatable bonds is 3. The van der Waals surface area contributed by atoms with Crippen LogP contribution in [0, 0.1) is 6.92 Å². The van der Waals surface area contributed by atoms with E-state index in [9.17, 15) is 4.79 Å². The van der Waals surface area contributed by atoms with E-state index < -0.39 is 0 Å². The molecular formula is C12H16N4O2. The van der Waals surface area contributed by atoms with Gasteiger partial charge >= 0.3 is 0 Å². The van der Waals surface area contributed by atoms with E-state index in [1.54, 1.807) is 18.8 Å². The number of hydrogen-bond donors (Lipinski definition) is 1. The SMILES string of the molecule is CCc1cc(=O)[nH]c(-c2c(C)nn(C)c2OC)n1. The second-order valence-corrected chi connectivity index (χ2v) is 4.03. The molecule has 0 aliphatic heterocycles. The largest absolute Gasteiger partial charge is 0.481 e. The molecule has 2 aromatic heterocycles. The molecule has 0 atom stereocenters. The van der Waals surface area contributed by atoms with E-state index in [0.29, 0.717) is 18.1 Å². The van der Waals surface area contributed by atoms with Gasteiger partial charge in [0.05, 0.1) is 12.8 Å². The highest BCUT2D eigenvalue weighted by Crippen LogP contribution is 2.29. The smallest absolute Gasteiger partial charge is 0.251 e. The van der Waals surface area contributed by atoms with Crippen molar-refractivity contribution >= 4 is 0 Å². The summed E-state index contributed by atoms with van der Waals surface area (Å²) in [6.07, 6.45) is 0.707. The Morgan fingerprint density at radius 3 is 2.83 bits per heavy atom. The van der Waals surface area contributed by atoms with Crippen LogP contribution >= 0.6 is 0 Å². The van der Waals surface area contributed by atoms with Crippen LogP contribution in [0.5, 0.6) is 5.88 Å². The van der Waals surface area contributed by atoms with Crippen LogP contribution in [0.25, 0.3) is 11.4 Å². The summed E-state index contributed by atoms with van der Waals surface area (Å²) in [5, 5.41) is 4.27. The lowest BCUT2D eigenvalue weighted by molar-refractivity contribution is 0.374. The first-order valence-corrected chi connectivity index (χ1v) is 5.75. The number of hydrogen-bond acceptors (Lipinski definition) is 4. The van der Waals surface area contributed by atoms with Gasteiger partial charge in [0.25, 0.3) is 5.56 Å². The van der Waals surface area contributed by atoms with Gasteiger partial charge in [-0.25, -0.2) is 9.67 Å². The molecule has 0 fully saturated rings. The van der Waals surface area contributed by atoms with Gasteiger partial charge in [-0.3, -0.25) is 4.79 Å². The maximum atomic E-state index is 11.6. The Hall–Kier alpha value is -2.11. The molecule has 2 aromatic rings. The lowest BCUT2D eigenvalue weighted by Crippen LogP contribution is -2.10. The van der Waals surface area contributed by atoms with Crippen LogP contribution in [0.1, 0.15) is 18.3 Å². The van der Waals surface area contributed by atoms with Crippen LogP contribution < -0.4 is 10.3 Å². The highest BCUT2D eigenvalue weighted by molar-refractivity contribution is 5.64. The van der Waals surface area contributed by atoms with Crippen molar-refractivity contribution < 1.29 is 4.74 Å². The minimum Gasteiger partial charge on any atom is -0.481 e. The Balaban J connectivity index is 2.68. The van der Waals surface area contributed by atoms with E-state index in [2.05, 4.69) is 15.1 Å². The van der Waals surface area contributed by atoms with Crippen molar-refractivity contribution in [1.29, 1.82) is 0 Å². The molecule has 0 saturated carbocycles. The molecule has 0 spiro atoms. The third-order valence-electron chi connectivity index (χ3n) is 2.76. The zero-order chi connectivity index (χ0) is 13.3. The number of aromatic nitrogens is 4. The van der Waals surface area contributed by atoms with Crippen molar-refractivity contribution in [2.24, 2.45) is 7.05 Å². The molecule has 0 bridgehead atoms. The molecule has 2 heterocycles. The number of aromatic amines is 1. The Kier molecular flexibility index (Phi) is 3.18. The number of aryl methyl sites for hydroxylation is 3. The second-order valence-electron chi connectivity index (χ2n) is 4.03. The maximum absolute atomic E-state index is 11.6. The minimum absolute atomic E-state index is 0.165. The standard InChI is InChI=1S/C12H16N4O2/c1-5-8-6-9(17)14-11(13-8)10-7(2)15-16(3)12(10)18-4/h6H,5H2,1-4H3,(H,13,14,17). The molecule has 6 nitrogen and oxygen atoms in total. The first kappa shape index (κ1) is 12.3. The second kappa shape index (κ2) is 4.64. The quantitative estimate of drug-likeness (QED) is 0.881. The molecule has 0 aromatic carbocycles. The van der Waals surface area contributed by atoms with E-state index in [1.807, 2.05) is 13.8 Å². The molecule has 0 unspecified atom stereocenters. The minimum atomic E-state index is -0.165. The van der Waals surface area contributed by atoms with Gasteiger partial charge in [-0.05, 0) is 13.3 Å². The van der Waals surface area contributed by atoms with E-state index >= 15 is 0 Å². The van der Waals surface area contributed by atoms with Crippen LogP contribution in [-0.2, 0) is 13.5 Å². The van der Waals surface area contributed by atoms with Crippen molar-refractivity contribution in [3.63, 3.8) is 0 Å². The molecule has 0 radical (unpaired) electrons. The number of methoxy groups -OCH3 is 1. The summed E-state index contributed by atoms with van der Waals surface area (Å²) in [7, 11) is 3.36. The van der Waals surface area contributed by atoms with Crippen molar-refractivity contribution in [2.75, 3.05) is 7.11 Å². The van der Waals surface area contributed by atoms with E-state index in [4.69, 9.17) is 4.74 Å². The summed E-state index contributed by atoms with van der Waals surface area (Å²) in [6.45, 7) is 3.81. The highest BCUT2D eigenvalue weighted by Gasteiger charge is 2.18. The van der Waals surface area contributed by atoms with Crippen molar-refractivity contribution in [1.82, 2.24) is 19.7 Å². The highest BCUT2D eigenvalue weighted by atomic mass is 16.5. The fraction of sp³-hybridized carbons (Fsp3) is 0.417. The fourth-order valence-corrected chi connectivity index (χ4v) is 1.95. The van der Waals surface area contributed by atoms with Crippen molar-refractivity contribution in [3.05, 3.63) is 27.8 Å². The lowest BCUT2D eigenvalue weighted by Gasteiger charge is -2.05. The molecule has 6 heteroatoms. The Bertz CT molecular complexity index is 627. The average molecular weight is 248 g/mol. The van der Waals surface area contributed by atoms with Crippen LogP contribution in [-0.4, -0.2) is 26.9 Å². The molecule has 0 amide bonds. The van der Waals surface area contributed by atoms with E-state index in [0.717, 1.165) is 17.0 Å². The number of nitrogens with one attached hydrogen (secondary N) is 1. The summed E-state index contributed by atoms with van der Waals surface area (Å²) in [4.78, 5) is 18.7. The van der Waals surface area contributed by atoms with Crippen LogP contribution in [0.3, 0.4) is 0 Å². The van der Waals surface area contributed by atoms with E-state index in [-0.39, 0.29) is 5.56 Å². The predicted molar refractivity (Wildman–Crippen MR) is 67.7 cm³/mol. The third-order valence-corrected chi connectivity index (χ3v) is 2.76. The topological polar surface area (TPSA) is 72.8 Å². The first-order chi connectivity index (χ1) is 8.56. The van der Waals surface area contributed by atoms with Gasteiger partial charge in [0.2, 0.25) is 5.88 Å². The fourth-order valence-electron chi connectivity index (χ4n) is 1.95. The van der Waals surface area contributed by atoms with Gasteiger partial charge in [0.15, 0.2) is 0 Å². The monoisotopic (exact) mass is 248 g/mol. The number of ether oxygens (including phenoxy) is 1. The Labute approximate surface area is 105 Å². The molecule has 0 aliphatic carbocycles. The predicted octanol–water partition coefficient (Wildman–Crippen LogP) is 1.05. The summed E-state index contributed by atoms with van der Waals surface area (Å²) in [5.74, 6) is 1.09. The maximum Gasteiger partial charge on any atom is 0.251 e.